The molecule has 0 spiro atoms. The number of nitrogens with zero attached hydrogens (tertiary/aromatic N) is 3. The molecule has 1 aromatic carbocycles. The number of aromatic nitrogens is 2. The van der Waals surface area contributed by atoms with E-state index in [0.717, 1.165) is 42.0 Å². The van der Waals surface area contributed by atoms with Crippen LogP contribution in [-0.2, 0) is 19.5 Å². The molecule has 0 amide bonds. The highest BCUT2D eigenvalue weighted by atomic mass is 16.6. The smallest absolute Gasteiger partial charge is 0.335 e. The van der Waals surface area contributed by atoms with Crippen molar-refractivity contribution in [3.05, 3.63) is 46.3 Å². The SMILES string of the molecule is Cc1nonc1CN1CCc2c(cccc2C(=O)O)C1. The number of rotatable bonds is 3. The molecule has 0 saturated carbocycles. The van der Waals surface area contributed by atoms with Gasteiger partial charge in [-0.1, -0.05) is 22.4 Å². The number of hydrogen-bond donors (Lipinski definition) is 1. The van der Waals surface area contributed by atoms with E-state index in [1.807, 2.05) is 13.0 Å². The van der Waals surface area contributed by atoms with Crippen LogP contribution in [-0.4, -0.2) is 32.8 Å². The molecule has 6 nitrogen and oxygen atoms in total. The minimum absolute atomic E-state index is 0.418. The minimum atomic E-state index is -0.855. The lowest BCUT2D eigenvalue weighted by molar-refractivity contribution is 0.0694. The second-order valence-electron chi connectivity index (χ2n) is 5.01. The molecule has 1 aliphatic heterocycles. The molecule has 20 heavy (non-hydrogen) atoms. The molecular weight excluding hydrogens is 258 g/mol. The summed E-state index contributed by atoms with van der Waals surface area (Å²) in [5.41, 5.74) is 4.08. The number of carboxylic acid groups (broad SMARTS) is 1. The summed E-state index contributed by atoms with van der Waals surface area (Å²) < 4.78 is 4.70. The van der Waals surface area contributed by atoms with Crippen molar-refractivity contribution in [2.45, 2.75) is 26.4 Å². The summed E-state index contributed by atoms with van der Waals surface area (Å²) in [7, 11) is 0. The number of fused-ring (bicyclic) bond motifs is 1. The quantitative estimate of drug-likeness (QED) is 0.915. The van der Waals surface area contributed by atoms with Crippen LogP contribution in [0.5, 0.6) is 0 Å². The van der Waals surface area contributed by atoms with Gasteiger partial charge in [-0.25, -0.2) is 9.42 Å². The number of hydrogen-bond acceptors (Lipinski definition) is 5. The van der Waals surface area contributed by atoms with Crippen molar-refractivity contribution in [1.29, 1.82) is 0 Å². The molecule has 0 unspecified atom stereocenters. The minimum Gasteiger partial charge on any atom is -0.478 e. The fourth-order valence-corrected chi connectivity index (χ4v) is 2.61. The Morgan fingerprint density at radius 3 is 3.00 bits per heavy atom. The molecule has 2 aromatic rings. The molecule has 0 bridgehead atoms. The third kappa shape index (κ3) is 2.30. The Bertz CT molecular complexity index is 651. The van der Waals surface area contributed by atoms with E-state index in [0.29, 0.717) is 12.1 Å². The molecule has 3 rings (SSSR count). The molecule has 104 valence electrons. The fourth-order valence-electron chi connectivity index (χ4n) is 2.61. The summed E-state index contributed by atoms with van der Waals surface area (Å²) in [5.74, 6) is -0.855. The number of aryl methyl sites for hydroxylation is 1. The summed E-state index contributed by atoms with van der Waals surface area (Å²) in [6, 6.07) is 5.46. The highest BCUT2D eigenvalue weighted by Crippen LogP contribution is 2.23. The Hall–Kier alpha value is -2.21. The second kappa shape index (κ2) is 5.05. The zero-order valence-electron chi connectivity index (χ0n) is 11.2. The van der Waals surface area contributed by atoms with Gasteiger partial charge >= 0.3 is 5.97 Å². The van der Waals surface area contributed by atoms with E-state index in [9.17, 15) is 9.90 Å². The second-order valence-corrected chi connectivity index (χ2v) is 5.01. The van der Waals surface area contributed by atoms with Gasteiger partial charge in [0.1, 0.15) is 11.4 Å². The van der Waals surface area contributed by atoms with Gasteiger partial charge in [-0.2, -0.15) is 0 Å². The van der Waals surface area contributed by atoms with Gasteiger partial charge in [0.15, 0.2) is 0 Å². The Labute approximate surface area is 116 Å². The molecule has 0 atom stereocenters. The Kier molecular flexibility index (Phi) is 3.23. The van der Waals surface area contributed by atoms with Crippen LogP contribution in [0.4, 0.5) is 0 Å². The van der Waals surface area contributed by atoms with E-state index in [4.69, 9.17) is 4.63 Å². The average Bonchev–Trinajstić information content (AvgIpc) is 2.83. The van der Waals surface area contributed by atoms with Crippen LogP contribution in [0.2, 0.25) is 0 Å². The molecule has 6 heteroatoms. The maximum Gasteiger partial charge on any atom is 0.335 e. The summed E-state index contributed by atoms with van der Waals surface area (Å²) >= 11 is 0. The lowest BCUT2D eigenvalue weighted by Crippen LogP contribution is -2.31. The molecule has 0 saturated heterocycles. The first-order valence-electron chi connectivity index (χ1n) is 6.49. The summed E-state index contributed by atoms with van der Waals surface area (Å²) in [5, 5.41) is 16.9. The standard InChI is InChI=1S/C14H15N3O3/c1-9-13(16-20-15-9)8-17-6-5-11-10(7-17)3-2-4-12(11)14(18)19/h2-4H,5-8H2,1H3,(H,18,19). The van der Waals surface area contributed by atoms with Gasteiger partial charge in [-0.3, -0.25) is 4.90 Å². The number of benzene rings is 1. The normalized spacial score (nSPS) is 15.1. The first-order valence-corrected chi connectivity index (χ1v) is 6.49. The van der Waals surface area contributed by atoms with Gasteiger partial charge in [-0.05, 0) is 30.5 Å². The van der Waals surface area contributed by atoms with Gasteiger partial charge in [0, 0.05) is 19.6 Å². The average molecular weight is 273 g/mol. The Balaban J connectivity index is 1.81. The maximum absolute atomic E-state index is 11.2. The zero-order valence-corrected chi connectivity index (χ0v) is 11.2. The third-order valence-corrected chi connectivity index (χ3v) is 3.70. The van der Waals surface area contributed by atoms with E-state index < -0.39 is 5.97 Å². The van der Waals surface area contributed by atoms with Crippen molar-refractivity contribution >= 4 is 5.97 Å². The van der Waals surface area contributed by atoms with Gasteiger partial charge < -0.3 is 5.11 Å². The van der Waals surface area contributed by atoms with Gasteiger partial charge in [0.25, 0.3) is 0 Å². The number of aromatic carboxylic acids is 1. The van der Waals surface area contributed by atoms with Crippen molar-refractivity contribution in [3.8, 4) is 0 Å². The molecule has 0 fully saturated rings. The molecule has 1 N–H and O–H groups in total. The molecule has 0 radical (unpaired) electrons. The van der Waals surface area contributed by atoms with Crippen molar-refractivity contribution in [3.63, 3.8) is 0 Å². The van der Waals surface area contributed by atoms with Crippen LogP contribution in [0.15, 0.2) is 22.8 Å². The molecule has 2 heterocycles. The van der Waals surface area contributed by atoms with E-state index in [1.165, 1.54) is 0 Å². The lowest BCUT2D eigenvalue weighted by atomic mass is 9.94. The number of carboxylic acids is 1. The first kappa shape index (κ1) is 12.8. The zero-order chi connectivity index (χ0) is 14.1. The molecule has 0 aliphatic carbocycles. The maximum atomic E-state index is 11.2. The van der Waals surface area contributed by atoms with E-state index in [1.54, 1.807) is 12.1 Å². The van der Waals surface area contributed by atoms with Crippen molar-refractivity contribution in [2.24, 2.45) is 0 Å². The summed E-state index contributed by atoms with van der Waals surface area (Å²) in [4.78, 5) is 13.4. The largest absolute Gasteiger partial charge is 0.478 e. The summed E-state index contributed by atoms with van der Waals surface area (Å²) in [6.07, 6.45) is 0.738. The van der Waals surface area contributed by atoms with E-state index in [2.05, 4.69) is 15.2 Å². The van der Waals surface area contributed by atoms with E-state index in [-0.39, 0.29) is 0 Å². The van der Waals surface area contributed by atoms with Crippen LogP contribution >= 0.6 is 0 Å². The van der Waals surface area contributed by atoms with Gasteiger partial charge in [-0.15, -0.1) is 0 Å². The van der Waals surface area contributed by atoms with Crippen LogP contribution in [0.1, 0.15) is 32.9 Å². The third-order valence-electron chi connectivity index (χ3n) is 3.70. The van der Waals surface area contributed by atoms with Gasteiger partial charge in [0.05, 0.1) is 5.56 Å². The predicted octanol–water partition coefficient (Wildman–Crippen LogP) is 1.63. The first-order chi connectivity index (χ1) is 9.65. The van der Waals surface area contributed by atoms with E-state index >= 15 is 0 Å². The van der Waals surface area contributed by atoms with Crippen LogP contribution in [0, 0.1) is 6.92 Å². The predicted molar refractivity (Wildman–Crippen MR) is 70.3 cm³/mol. The highest BCUT2D eigenvalue weighted by Gasteiger charge is 2.22. The topological polar surface area (TPSA) is 79.5 Å². The molecule has 1 aliphatic rings. The van der Waals surface area contributed by atoms with Crippen molar-refractivity contribution in [2.75, 3.05) is 6.54 Å². The van der Waals surface area contributed by atoms with Crippen LogP contribution in [0.3, 0.4) is 0 Å². The molecule has 1 aromatic heterocycles. The Morgan fingerprint density at radius 2 is 2.30 bits per heavy atom. The van der Waals surface area contributed by atoms with Crippen molar-refractivity contribution in [1.82, 2.24) is 15.2 Å². The van der Waals surface area contributed by atoms with Crippen LogP contribution in [0.25, 0.3) is 0 Å². The van der Waals surface area contributed by atoms with Crippen LogP contribution < -0.4 is 0 Å². The Morgan fingerprint density at radius 1 is 1.45 bits per heavy atom. The highest BCUT2D eigenvalue weighted by molar-refractivity contribution is 5.89. The number of carbonyl (C=O) groups is 1. The summed E-state index contributed by atoms with van der Waals surface area (Å²) in [6.45, 7) is 4.07. The lowest BCUT2D eigenvalue weighted by Gasteiger charge is -2.28. The monoisotopic (exact) mass is 273 g/mol. The fraction of sp³-hybridized carbons (Fsp3) is 0.357. The van der Waals surface area contributed by atoms with Gasteiger partial charge in [0.2, 0.25) is 0 Å². The molecular formula is C14H15N3O3. The van der Waals surface area contributed by atoms with Crippen molar-refractivity contribution < 1.29 is 14.5 Å².